The molecule has 1 aliphatic carbocycles. The fraction of sp³-hybridized carbons (Fsp3) is 0.714. The van der Waals surface area contributed by atoms with Gasteiger partial charge in [-0.15, -0.1) is 0 Å². The van der Waals surface area contributed by atoms with E-state index < -0.39 is 33.0 Å². The van der Waals surface area contributed by atoms with Crippen LogP contribution in [0, 0.1) is 32.5 Å². The summed E-state index contributed by atoms with van der Waals surface area (Å²) in [7, 11) is 19.5. The first-order chi connectivity index (χ1) is 28.1. The van der Waals surface area contributed by atoms with Crippen molar-refractivity contribution in [2.45, 2.75) is 160 Å². The monoisotopic (exact) mass is 1260 g/mol. The van der Waals surface area contributed by atoms with Gasteiger partial charge in [-0.1, -0.05) is 0 Å². The van der Waals surface area contributed by atoms with Gasteiger partial charge in [0.2, 0.25) is 0 Å². The summed E-state index contributed by atoms with van der Waals surface area (Å²) in [4.78, 5) is 0. The van der Waals surface area contributed by atoms with Crippen molar-refractivity contribution in [1.82, 2.24) is 0 Å². The van der Waals surface area contributed by atoms with Gasteiger partial charge in [0.15, 0.2) is 0 Å². The number of nitrogens with zero attached hydrogens (tertiary/aromatic N) is 12. The Balaban J connectivity index is 0.00000107. The molecule has 0 aromatic heterocycles. The molecular weight excluding hydrogens is 1200 g/mol. The van der Waals surface area contributed by atoms with Crippen LogP contribution in [0.4, 0.5) is 0 Å². The molecule has 0 radical (unpaired) electrons. The zero-order valence-electron chi connectivity index (χ0n) is 37.0. The third kappa shape index (κ3) is 10.2. The SMILES string of the molecule is CC1(C)C2=NN=C1CCC1=NN=C(CCC3=NN=C(CCC4=NN=C(CCC5=NN=C(CCC6=NN=C(CC2)C6(C)C)C5(C)C)C4(C)C)C3(C)C)C1(C)C.[Cl][Pt][Cl].[Cl][Pt][Cl]. The van der Waals surface area contributed by atoms with Gasteiger partial charge in [-0.3, -0.25) is 0 Å². The summed E-state index contributed by atoms with van der Waals surface area (Å²) in [6, 6.07) is 0. The molecule has 7 aliphatic rings. The van der Waals surface area contributed by atoms with Gasteiger partial charge in [0, 0.05) is 32.5 Å². The zero-order valence-corrected chi connectivity index (χ0v) is 44.6. The second kappa shape index (κ2) is 19.8. The van der Waals surface area contributed by atoms with Crippen LogP contribution in [0.2, 0.25) is 0 Å². The molecule has 0 aromatic rings. The van der Waals surface area contributed by atoms with Crippen LogP contribution in [0.5, 0.6) is 0 Å². The summed E-state index contributed by atoms with van der Waals surface area (Å²) in [5.41, 5.74) is 12.0. The van der Waals surface area contributed by atoms with Crippen molar-refractivity contribution in [1.29, 1.82) is 0 Å². The third-order valence-electron chi connectivity index (χ3n) is 14.0. The molecule has 18 heteroatoms. The number of rotatable bonds is 0. The predicted molar refractivity (Wildman–Crippen MR) is 251 cm³/mol. The van der Waals surface area contributed by atoms with Gasteiger partial charge in [-0.2, -0.15) is 61.2 Å². The molecule has 0 N–H and O–H groups in total. The van der Waals surface area contributed by atoms with Crippen molar-refractivity contribution < 1.29 is 33.0 Å². The van der Waals surface area contributed by atoms with Crippen LogP contribution >= 0.6 is 37.7 Å². The number of halogens is 4. The molecule has 6 aliphatic heterocycles. The summed E-state index contributed by atoms with van der Waals surface area (Å²) >= 11 is -0.944. The molecule has 0 spiro atoms. The molecule has 0 unspecified atom stereocenters. The summed E-state index contributed by atoms with van der Waals surface area (Å²) in [5, 5.41) is 56.8. The van der Waals surface area contributed by atoms with Crippen molar-refractivity contribution in [3.63, 3.8) is 0 Å². The van der Waals surface area contributed by atoms with Crippen molar-refractivity contribution in [2.75, 3.05) is 0 Å². The van der Waals surface area contributed by atoms with Crippen molar-refractivity contribution in [2.24, 2.45) is 93.7 Å². The van der Waals surface area contributed by atoms with Crippen LogP contribution in [-0.4, -0.2) is 68.5 Å². The van der Waals surface area contributed by atoms with Crippen LogP contribution in [0.3, 0.4) is 0 Å². The first-order valence-corrected chi connectivity index (χ1v) is 31.9. The van der Waals surface area contributed by atoms with E-state index in [0.29, 0.717) is 0 Å². The molecule has 336 valence electrons. The van der Waals surface area contributed by atoms with E-state index in [1.54, 1.807) is 0 Å². The molecule has 1 fully saturated rings. The van der Waals surface area contributed by atoms with E-state index in [-0.39, 0.29) is 32.5 Å². The Morgan fingerprint density at radius 3 is 0.367 bits per heavy atom. The number of hydrogen-bond donors (Lipinski definition) is 0. The molecule has 6 heterocycles. The van der Waals surface area contributed by atoms with Gasteiger partial charge in [0.1, 0.15) is 0 Å². The zero-order chi connectivity index (χ0) is 44.3. The van der Waals surface area contributed by atoms with Crippen LogP contribution < -0.4 is 0 Å². The average molecular weight is 1260 g/mol. The van der Waals surface area contributed by atoms with Crippen LogP contribution in [0.1, 0.15) is 160 Å². The maximum absolute atomic E-state index is 4.88. The first kappa shape index (κ1) is 49.6. The van der Waals surface area contributed by atoms with E-state index in [0.717, 1.165) is 146 Å². The van der Waals surface area contributed by atoms with E-state index in [9.17, 15) is 0 Å². The molecule has 0 atom stereocenters. The molecule has 12 bridgehead atoms. The molecule has 0 aromatic carbocycles. The van der Waals surface area contributed by atoms with Crippen molar-refractivity contribution in [3.05, 3.63) is 0 Å². The Morgan fingerprint density at radius 2 is 0.300 bits per heavy atom. The average Bonchev–Trinajstić information content (AvgIpc) is 3.94. The minimum atomic E-state index is -0.472. The van der Waals surface area contributed by atoms with Crippen LogP contribution in [0.15, 0.2) is 61.2 Å². The molecular formula is C42H60Cl4N12Pt2. The minimum absolute atomic E-state index is 0.219. The summed E-state index contributed by atoms with van der Waals surface area (Å²) in [6.45, 7) is 27.0. The Hall–Kier alpha value is -1.42. The molecule has 12 nitrogen and oxygen atoms in total. The molecule has 7 rings (SSSR count). The van der Waals surface area contributed by atoms with E-state index in [2.05, 4.69) is 83.1 Å². The topological polar surface area (TPSA) is 148 Å². The van der Waals surface area contributed by atoms with E-state index in [4.69, 9.17) is 98.9 Å². The van der Waals surface area contributed by atoms with Gasteiger partial charge in [0.05, 0.1) is 68.5 Å². The van der Waals surface area contributed by atoms with Crippen LogP contribution in [0.25, 0.3) is 0 Å². The normalized spacial score (nSPS) is 26.1. The molecule has 60 heavy (non-hydrogen) atoms. The Kier molecular flexibility index (Phi) is 16.3. The van der Waals surface area contributed by atoms with Crippen molar-refractivity contribution in [3.8, 4) is 0 Å². The summed E-state index contributed by atoms with van der Waals surface area (Å²) in [5.74, 6) is 0. The fourth-order valence-corrected chi connectivity index (χ4v) is 8.99. The van der Waals surface area contributed by atoms with E-state index in [1.807, 2.05) is 0 Å². The fourth-order valence-electron chi connectivity index (χ4n) is 8.99. The van der Waals surface area contributed by atoms with Crippen molar-refractivity contribution >= 4 is 106 Å². The Bertz CT molecular complexity index is 1570. The molecule has 1 saturated carbocycles. The molecule has 0 saturated heterocycles. The second-order valence-electron chi connectivity index (χ2n) is 19.4. The van der Waals surface area contributed by atoms with Gasteiger partial charge in [-0.25, -0.2) is 0 Å². The first-order valence-electron chi connectivity index (χ1n) is 20.6. The number of fused-ring (bicyclic) bond motifs is 12. The maximum atomic E-state index is 4.88. The standard InChI is InChI=1S/C42H60N12.4ClH.2Pt/c1-37(2)25-13-15-27-38(3,4)29(47-45-27)17-19-31-40(7,8)33(51-49-31)21-23-35-42(11,12)36(54-53-35)24-22-34-41(9,10)32(50-52-34)20-18-30-39(5,6)28(46-48-30)16-14-26(37)44-43-25;;;;;;/h13-24H2,1-12H3;4*1H;;/q;;;;;2*+2/p-4. The van der Waals surface area contributed by atoms with Gasteiger partial charge >= 0.3 is 70.6 Å². The number of hydrogen-bond acceptors (Lipinski definition) is 12. The quantitative estimate of drug-likeness (QED) is 0.227. The second-order valence-corrected chi connectivity index (χ2v) is 26.0. The van der Waals surface area contributed by atoms with E-state index in [1.165, 1.54) is 0 Å². The molecule has 0 amide bonds. The Morgan fingerprint density at radius 1 is 0.233 bits per heavy atom. The predicted octanol–water partition coefficient (Wildman–Crippen LogP) is 12.5. The van der Waals surface area contributed by atoms with Gasteiger partial charge in [-0.05, 0) is 160 Å². The summed E-state index contributed by atoms with van der Waals surface area (Å²) < 4.78 is 0. The van der Waals surface area contributed by atoms with Crippen LogP contribution in [-0.2, 0) is 33.0 Å². The third-order valence-corrected chi connectivity index (χ3v) is 14.0. The van der Waals surface area contributed by atoms with Gasteiger partial charge < -0.3 is 0 Å². The Labute approximate surface area is 389 Å². The van der Waals surface area contributed by atoms with E-state index >= 15 is 0 Å². The summed E-state index contributed by atoms with van der Waals surface area (Å²) in [6.07, 6.45) is 9.69. The van der Waals surface area contributed by atoms with Gasteiger partial charge in [0.25, 0.3) is 0 Å².